The third kappa shape index (κ3) is 1.97. The first-order valence-electron chi connectivity index (χ1n) is 6.08. The first-order valence-corrected chi connectivity index (χ1v) is 6.08. The Bertz CT molecular complexity index is 445. The molecule has 1 aliphatic carbocycles. The van der Waals surface area contributed by atoms with Crippen LogP contribution < -0.4 is 4.90 Å². The van der Waals surface area contributed by atoms with Crippen LogP contribution in [0.3, 0.4) is 0 Å². The highest BCUT2D eigenvalue weighted by molar-refractivity contribution is 5.78. The predicted octanol–water partition coefficient (Wildman–Crippen LogP) is 1.41. The molecule has 17 heavy (non-hydrogen) atoms. The van der Waals surface area contributed by atoms with Crippen LogP contribution in [0.5, 0.6) is 0 Å². The molecule has 1 saturated carbocycles. The van der Waals surface area contributed by atoms with Gasteiger partial charge in [-0.25, -0.2) is 14.8 Å². The lowest BCUT2D eigenvalue weighted by Crippen LogP contribution is -2.36. The first kappa shape index (κ1) is 10.5. The second-order valence-electron chi connectivity index (χ2n) is 4.74. The molecule has 5 heteroatoms. The third-order valence-corrected chi connectivity index (χ3v) is 3.43. The summed E-state index contributed by atoms with van der Waals surface area (Å²) in [7, 11) is 0. The Balaban J connectivity index is 1.87. The topological polar surface area (TPSA) is 66.3 Å². The molecule has 2 fully saturated rings. The fraction of sp³-hybridized carbons (Fsp3) is 0.583. The summed E-state index contributed by atoms with van der Waals surface area (Å²) in [6, 6.07) is 1.39. The van der Waals surface area contributed by atoms with Crippen molar-refractivity contribution >= 4 is 11.8 Å². The molecule has 1 aromatic rings. The van der Waals surface area contributed by atoms with Gasteiger partial charge in [0, 0.05) is 18.7 Å². The van der Waals surface area contributed by atoms with E-state index in [1.807, 2.05) is 11.0 Å². The highest BCUT2D eigenvalue weighted by atomic mass is 16.4. The summed E-state index contributed by atoms with van der Waals surface area (Å²) in [5.74, 6) is 1.39. The zero-order valence-corrected chi connectivity index (χ0v) is 9.54. The number of nitrogens with zero attached hydrogens (tertiary/aromatic N) is 3. The second-order valence-corrected chi connectivity index (χ2v) is 4.74. The Labute approximate surface area is 99.5 Å². The molecule has 2 aliphatic rings. The highest BCUT2D eigenvalue weighted by Gasteiger charge is 2.33. The molecule has 1 atom stereocenters. The number of aromatic nitrogens is 2. The van der Waals surface area contributed by atoms with Gasteiger partial charge < -0.3 is 10.0 Å². The van der Waals surface area contributed by atoms with Crippen LogP contribution in [0.4, 0.5) is 5.82 Å². The van der Waals surface area contributed by atoms with Crippen molar-refractivity contribution < 1.29 is 9.90 Å². The van der Waals surface area contributed by atoms with Crippen LogP contribution in [0.15, 0.2) is 12.3 Å². The van der Waals surface area contributed by atoms with E-state index in [-0.39, 0.29) is 0 Å². The van der Waals surface area contributed by atoms with Crippen molar-refractivity contribution in [3.63, 3.8) is 0 Å². The average Bonchev–Trinajstić information content (AvgIpc) is 3.06. The maximum atomic E-state index is 11.1. The standard InChI is InChI=1S/C12H15N3O2/c16-12(17)9-2-1-7-15(9)10-5-6-13-11(14-10)8-3-4-8/h5-6,8-9H,1-4,7H2,(H,16,17)/t9-/m1/s1. The van der Waals surface area contributed by atoms with E-state index in [1.54, 1.807) is 6.20 Å². The number of carboxylic acids is 1. The lowest BCUT2D eigenvalue weighted by molar-refractivity contribution is -0.138. The lowest BCUT2D eigenvalue weighted by Gasteiger charge is -2.22. The summed E-state index contributed by atoms with van der Waals surface area (Å²) in [6.07, 6.45) is 5.68. The molecule has 2 heterocycles. The minimum absolute atomic E-state index is 0.419. The van der Waals surface area contributed by atoms with Crippen molar-refractivity contribution in [2.75, 3.05) is 11.4 Å². The minimum atomic E-state index is -0.755. The van der Waals surface area contributed by atoms with E-state index in [9.17, 15) is 4.79 Å². The van der Waals surface area contributed by atoms with Gasteiger partial charge in [-0.1, -0.05) is 0 Å². The number of aliphatic carboxylic acids is 1. The number of hydrogen-bond donors (Lipinski definition) is 1. The van der Waals surface area contributed by atoms with E-state index in [0.29, 0.717) is 12.3 Å². The van der Waals surface area contributed by atoms with Crippen LogP contribution in [0.1, 0.15) is 37.4 Å². The summed E-state index contributed by atoms with van der Waals surface area (Å²) < 4.78 is 0. The van der Waals surface area contributed by atoms with Gasteiger partial charge in [-0.05, 0) is 31.7 Å². The molecule has 0 aromatic carbocycles. The molecule has 0 spiro atoms. The van der Waals surface area contributed by atoms with Gasteiger partial charge in [0.2, 0.25) is 0 Å². The summed E-state index contributed by atoms with van der Waals surface area (Å²) in [4.78, 5) is 21.8. The van der Waals surface area contributed by atoms with Crippen LogP contribution in [0.25, 0.3) is 0 Å². The Morgan fingerprint density at radius 2 is 2.24 bits per heavy atom. The SMILES string of the molecule is O=C(O)[C@H]1CCCN1c1ccnc(C2CC2)n1. The largest absolute Gasteiger partial charge is 0.480 e. The van der Waals surface area contributed by atoms with Crippen molar-refractivity contribution in [2.45, 2.75) is 37.6 Å². The van der Waals surface area contributed by atoms with Crippen molar-refractivity contribution in [1.29, 1.82) is 0 Å². The lowest BCUT2D eigenvalue weighted by atomic mass is 10.2. The molecule has 5 nitrogen and oxygen atoms in total. The van der Waals surface area contributed by atoms with E-state index < -0.39 is 12.0 Å². The summed E-state index contributed by atoms with van der Waals surface area (Å²) in [6.45, 7) is 0.776. The maximum absolute atomic E-state index is 11.1. The molecule has 90 valence electrons. The molecular formula is C12H15N3O2. The molecule has 0 radical (unpaired) electrons. The average molecular weight is 233 g/mol. The van der Waals surface area contributed by atoms with Gasteiger partial charge in [-0.15, -0.1) is 0 Å². The fourth-order valence-electron chi connectivity index (χ4n) is 2.36. The van der Waals surface area contributed by atoms with Gasteiger partial charge in [0.15, 0.2) is 0 Å². The predicted molar refractivity (Wildman–Crippen MR) is 62.0 cm³/mol. The monoisotopic (exact) mass is 233 g/mol. The summed E-state index contributed by atoms with van der Waals surface area (Å²) >= 11 is 0. The normalized spacial score (nSPS) is 24.0. The molecular weight excluding hydrogens is 218 g/mol. The third-order valence-electron chi connectivity index (χ3n) is 3.43. The van der Waals surface area contributed by atoms with E-state index in [4.69, 9.17) is 5.11 Å². The van der Waals surface area contributed by atoms with E-state index in [0.717, 1.165) is 37.4 Å². The van der Waals surface area contributed by atoms with E-state index in [2.05, 4.69) is 9.97 Å². The smallest absolute Gasteiger partial charge is 0.326 e. The Morgan fingerprint density at radius 3 is 2.94 bits per heavy atom. The fourth-order valence-corrected chi connectivity index (χ4v) is 2.36. The quantitative estimate of drug-likeness (QED) is 0.855. The summed E-state index contributed by atoms with van der Waals surface area (Å²) in [5, 5.41) is 9.15. The van der Waals surface area contributed by atoms with E-state index >= 15 is 0 Å². The molecule has 0 amide bonds. The molecule has 1 saturated heterocycles. The number of carbonyl (C=O) groups is 1. The van der Waals surface area contributed by atoms with Gasteiger partial charge in [0.05, 0.1) is 0 Å². The molecule has 0 bridgehead atoms. The summed E-state index contributed by atoms with van der Waals surface area (Å²) in [5.41, 5.74) is 0. The maximum Gasteiger partial charge on any atom is 0.326 e. The Hall–Kier alpha value is -1.65. The Kier molecular flexibility index (Phi) is 2.46. The number of carboxylic acid groups (broad SMARTS) is 1. The van der Waals surface area contributed by atoms with E-state index in [1.165, 1.54) is 0 Å². The van der Waals surface area contributed by atoms with Gasteiger partial charge in [-0.2, -0.15) is 0 Å². The van der Waals surface area contributed by atoms with Crippen molar-refractivity contribution in [2.24, 2.45) is 0 Å². The zero-order valence-electron chi connectivity index (χ0n) is 9.54. The number of anilines is 1. The minimum Gasteiger partial charge on any atom is -0.480 e. The van der Waals surface area contributed by atoms with Gasteiger partial charge in [0.1, 0.15) is 17.7 Å². The van der Waals surface area contributed by atoms with Crippen molar-refractivity contribution in [1.82, 2.24) is 9.97 Å². The molecule has 1 N–H and O–H groups in total. The molecule has 1 aliphatic heterocycles. The molecule has 3 rings (SSSR count). The van der Waals surface area contributed by atoms with Gasteiger partial charge >= 0.3 is 5.97 Å². The van der Waals surface area contributed by atoms with Crippen LogP contribution in [0.2, 0.25) is 0 Å². The zero-order chi connectivity index (χ0) is 11.8. The van der Waals surface area contributed by atoms with Crippen molar-refractivity contribution in [3.8, 4) is 0 Å². The van der Waals surface area contributed by atoms with Crippen LogP contribution in [-0.4, -0.2) is 33.6 Å². The number of rotatable bonds is 3. The Morgan fingerprint density at radius 1 is 1.41 bits per heavy atom. The van der Waals surface area contributed by atoms with Crippen LogP contribution in [0, 0.1) is 0 Å². The van der Waals surface area contributed by atoms with Gasteiger partial charge in [0.25, 0.3) is 0 Å². The van der Waals surface area contributed by atoms with Gasteiger partial charge in [-0.3, -0.25) is 0 Å². The first-order chi connectivity index (χ1) is 8.25. The van der Waals surface area contributed by atoms with Crippen molar-refractivity contribution in [3.05, 3.63) is 18.1 Å². The molecule has 1 aromatic heterocycles. The highest BCUT2D eigenvalue weighted by Crippen LogP contribution is 2.38. The van der Waals surface area contributed by atoms with Crippen LogP contribution in [-0.2, 0) is 4.79 Å². The second kappa shape index (κ2) is 3.98. The molecule has 0 unspecified atom stereocenters. The van der Waals surface area contributed by atoms with Crippen LogP contribution >= 0.6 is 0 Å². The number of hydrogen-bond acceptors (Lipinski definition) is 4.